The molecule has 3 aliphatic rings. The molecular formula is C13H22N2S. The van der Waals surface area contributed by atoms with Crippen LogP contribution in [0.4, 0.5) is 0 Å². The van der Waals surface area contributed by atoms with Crippen LogP contribution in [0.2, 0.25) is 0 Å². The summed E-state index contributed by atoms with van der Waals surface area (Å²) >= 11 is 5.57. The van der Waals surface area contributed by atoms with Gasteiger partial charge in [0, 0.05) is 18.6 Å². The molecule has 0 aromatic rings. The maximum absolute atomic E-state index is 5.57. The van der Waals surface area contributed by atoms with Gasteiger partial charge < -0.3 is 10.2 Å². The Morgan fingerprint density at radius 3 is 2.56 bits per heavy atom. The van der Waals surface area contributed by atoms with Crippen LogP contribution in [0.5, 0.6) is 0 Å². The standard InChI is InChI=1S/C13H22N2S/c16-13(14-11-7-8-11)15-9-3-5-10-4-1-2-6-12(10)15/h10-12H,1-9H2,(H,14,16). The van der Waals surface area contributed by atoms with Gasteiger partial charge in [0.2, 0.25) is 0 Å². The Labute approximate surface area is 104 Å². The van der Waals surface area contributed by atoms with E-state index < -0.39 is 0 Å². The molecule has 0 aromatic carbocycles. The first-order valence-corrected chi connectivity index (χ1v) is 7.32. The largest absolute Gasteiger partial charge is 0.360 e. The van der Waals surface area contributed by atoms with Gasteiger partial charge in [-0.05, 0) is 56.7 Å². The molecule has 2 nitrogen and oxygen atoms in total. The molecule has 2 saturated carbocycles. The van der Waals surface area contributed by atoms with E-state index in [1.165, 1.54) is 57.9 Å². The lowest BCUT2D eigenvalue weighted by Gasteiger charge is -2.45. The van der Waals surface area contributed by atoms with E-state index >= 15 is 0 Å². The second-order valence-corrected chi connectivity index (χ2v) is 6.06. The van der Waals surface area contributed by atoms with Gasteiger partial charge in [0.05, 0.1) is 0 Å². The fourth-order valence-corrected chi connectivity index (χ4v) is 3.76. The van der Waals surface area contributed by atoms with Gasteiger partial charge in [-0.2, -0.15) is 0 Å². The lowest BCUT2D eigenvalue weighted by molar-refractivity contribution is 0.118. The monoisotopic (exact) mass is 238 g/mol. The summed E-state index contributed by atoms with van der Waals surface area (Å²) in [6.07, 6.45) is 11.1. The molecule has 0 radical (unpaired) electrons. The van der Waals surface area contributed by atoms with Gasteiger partial charge >= 0.3 is 0 Å². The van der Waals surface area contributed by atoms with Gasteiger partial charge in [0.1, 0.15) is 0 Å². The minimum Gasteiger partial charge on any atom is -0.360 e. The predicted octanol–water partition coefficient (Wildman–Crippen LogP) is 2.68. The number of thiocarbonyl (C=S) groups is 1. The average Bonchev–Trinajstić information content (AvgIpc) is 3.12. The van der Waals surface area contributed by atoms with Gasteiger partial charge in [0.25, 0.3) is 0 Å². The summed E-state index contributed by atoms with van der Waals surface area (Å²) in [6.45, 7) is 1.19. The Morgan fingerprint density at radius 2 is 1.75 bits per heavy atom. The molecule has 0 amide bonds. The van der Waals surface area contributed by atoms with Crippen LogP contribution < -0.4 is 5.32 Å². The molecule has 1 heterocycles. The number of nitrogens with one attached hydrogen (secondary N) is 1. The first kappa shape index (κ1) is 10.8. The van der Waals surface area contributed by atoms with Crippen molar-refractivity contribution in [2.45, 2.75) is 63.5 Å². The maximum atomic E-state index is 5.57. The van der Waals surface area contributed by atoms with Crippen molar-refractivity contribution in [3.8, 4) is 0 Å². The van der Waals surface area contributed by atoms with Crippen LogP contribution >= 0.6 is 12.2 Å². The van der Waals surface area contributed by atoms with Gasteiger partial charge in [-0.15, -0.1) is 0 Å². The minimum atomic E-state index is 0.705. The molecule has 1 saturated heterocycles. The van der Waals surface area contributed by atoms with E-state index in [1.54, 1.807) is 0 Å². The number of nitrogens with zero attached hydrogens (tertiary/aromatic N) is 1. The zero-order valence-electron chi connectivity index (χ0n) is 9.95. The van der Waals surface area contributed by atoms with Crippen LogP contribution in [0.25, 0.3) is 0 Å². The number of likely N-dealkylation sites (tertiary alicyclic amines) is 1. The van der Waals surface area contributed by atoms with Crippen LogP contribution in [0, 0.1) is 5.92 Å². The summed E-state index contributed by atoms with van der Waals surface area (Å²) in [6, 6.07) is 1.47. The third kappa shape index (κ3) is 2.20. The molecule has 0 bridgehead atoms. The van der Waals surface area contributed by atoms with Gasteiger partial charge in [-0.25, -0.2) is 0 Å². The number of fused-ring (bicyclic) bond motifs is 1. The maximum Gasteiger partial charge on any atom is 0.169 e. The lowest BCUT2D eigenvalue weighted by Crippen LogP contribution is -2.53. The van der Waals surface area contributed by atoms with E-state index in [1.807, 2.05) is 0 Å². The van der Waals surface area contributed by atoms with Crippen molar-refractivity contribution in [2.75, 3.05) is 6.54 Å². The number of rotatable bonds is 1. The zero-order valence-corrected chi connectivity index (χ0v) is 10.8. The molecular weight excluding hydrogens is 216 g/mol. The summed E-state index contributed by atoms with van der Waals surface area (Å²) in [5, 5.41) is 4.57. The highest BCUT2D eigenvalue weighted by atomic mass is 32.1. The van der Waals surface area contributed by atoms with Crippen LogP contribution in [0.1, 0.15) is 51.4 Å². The van der Waals surface area contributed by atoms with Crippen molar-refractivity contribution in [3.05, 3.63) is 0 Å². The van der Waals surface area contributed by atoms with Crippen LogP contribution in [-0.2, 0) is 0 Å². The Morgan fingerprint density at radius 1 is 1.00 bits per heavy atom. The van der Waals surface area contributed by atoms with E-state index in [0.29, 0.717) is 6.04 Å². The second kappa shape index (κ2) is 4.52. The SMILES string of the molecule is S=C(NC1CC1)N1CCCC2CCCCC21. The van der Waals surface area contributed by atoms with Gasteiger partial charge in [-0.3, -0.25) is 0 Å². The molecule has 2 unspecified atom stereocenters. The van der Waals surface area contributed by atoms with E-state index in [4.69, 9.17) is 12.2 Å². The first-order valence-electron chi connectivity index (χ1n) is 6.92. The average molecular weight is 238 g/mol. The van der Waals surface area contributed by atoms with Crippen molar-refractivity contribution in [1.82, 2.24) is 10.2 Å². The molecule has 90 valence electrons. The predicted molar refractivity (Wildman–Crippen MR) is 70.4 cm³/mol. The topological polar surface area (TPSA) is 15.3 Å². The highest BCUT2D eigenvalue weighted by molar-refractivity contribution is 7.80. The van der Waals surface area contributed by atoms with E-state index in [2.05, 4.69) is 10.2 Å². The van der Waals surface area contributed by atoms with Crippen molar-refractivity contribution >= 4 is 17.3 Å². The molecule has 2 aliphatic carbocycles. The van der Waals surface area contributed by atoms with Gasteiger partial charge in [0.15, 0.2) is 5.11 Å². The summed E-state index contributed by atoms with van der Waals surface area (Å²) in [5.74, 6) is 0.932. The molecule has 1 aliphatic heterocycles. The van der Waals surface area contributed by atoms with Crippen LogP contribution in [0.15, 0.2) is 0 Å². The third-order valence-corrected chi connectivity index (χ3v) is 4.76. The van der Waals surface area contributed by atoms with Crippen molar-refractivity contribution in [3.63, 3.8) is 0 Å². The zero-order chi connectivity index (χ0) is 11.0. The summed E-state index contributed by atoms with van der Waals surface area (Å²) in [5.41, 5.74) is 0. The fourth-order valence-electron chi connectivity index (χ4n) is 3.36. The number of hydrogen-bond acceptors (Lipinski definition) is 1. The molecule has 2 atom stereocenters. The summed E-state index contributed by atoms with van der Waals surface area (Å²) in [4.78, 5) is 2.51. The molecule has 1 N–H and O–H groups in total. The third-order valence-electron chi connectivity index (χ3n) is 4.41. The molecule has 0 spiro atoms. The van der Waals surface area contributed by atoms with Gasteiger partial charge in [-0.1, -0.05) is 12.8 Å². The Bertz CT molecular complexity index is 273. The highest BCUT2D eigenvalue weighted by Crippen LogP contribution is 2.35. The summed E-state index contributed by atoms with van der Waals surface area (Å²) in [7, 11) is 0. The van der Waals surface area contributed by atoms with Crippen molar-refractivity contribution < 1.29 is 0 Å². The highest BCUT2D eigenvalue weighted by Gasteiger charge is 2.35. The lowest BCUT2D eigenvalue weighted by atomic mass is 9.78. The molecule has 0 aromatic heterocycles. The van der Waals surface area contributed by atoms with E-state index in [0.717, 1.165) is 17.1 Å². The number of piperidine rings is 1. The second-order valence-electron chi connectivity index (χ2n) is 5.67. The van der Waals surface area contributed by atoms with Crippen LogP contribution in [0.3, 0.4) is 0 Å². The Kier molecular flexibility index (Phi) is 3.05. The van der Waals surface area contributed by atoms with Crippen molar-refractivity contribution in [1.29, 1.82) is 0 Å². The summed E-state index contributed by atoms with van der Waals surface area (Å²) < 4.78 is 0. The number of hydrogen-bond donors (Lipinski definition) is 1. The Balaban J connectivity index is 1.64. The normalized spacial score (nSPS) is 34.4. The molecule has 16 heavy (non-hydrogen) atoms. The van der Waals surface area contributed by atoms with E-state index in [9.17, 15) is 0 Å². The fraction of sp³-hybridized carbons (Fsp3) is 0.923. The molecule has 3 heteroatoms. The Hall–Kier alpha value is -0.310. The first-order chi connectivity index (χ1) is 7.84. The van der Waals surface area contributed by atoms with Crippen LogP contribution in [-0.4, -0.2) is 28.6 Å². The molecule has 3 fully saturated rings. The quantitative estimate of drug-likeness (QED) is 0.707. The molecule has 3 rings (SSSR count). The minimum absolute atomic E-state index is 0.705. The van der Waals surface area contributed by atoms with Crippen molar-refractivity contribution in [2.24, 2.45) is 5.92 Å². The smallest absolute Gasteiger partial charge is 0.169 e. The van der Waals surface area contributed by atoms with E-state index in [-0.39, 0.29) is 0 Å².